The molecular weight excluding hydrogens is 130 g/mol. The van der Waals surface area contributed by atoms with E-state index in [-0.39, 0.29) is 6.23 Å². The van der Waals surface area contributed by atoms with E-state index in [0.29, 0.717) is 0 Å². The number of piperidine rings is 1. The molecule has 1 heterocycles. The highest BCUT2D eigenvalue weighted by atomic mass is 16.5. The molecule has 1 fully saturated rings. The normalized spacial score (nSPS) is 26.5. The van der Waals surface area contributed by atoms with Crippen molar-refractivity contribution in [1.82, 2.24) is 4.90 Å². The lowest BCUT2D eigenvalue weighted by Gasteiger charge is -2.30. The lowest BCUT2D eigenvalue weighted by atomic mass is 10.1. The van der Waals surface area contributed by atoms with Crippen molar-refractivity contribution in [3.05, 3.63) is 0 Å². The van der Waals surface area contributed by atoms with Gasteiger partial charge in [0.1, 0.15) is 6.23 Å². The van der Waals surface area contributed by atoms with Crippen LogP contribution in [-0.2, 0) is 9.53 Å². The van der Waals surface area contributed by atoms with Crippen LogP contribution in [0.2, 0.25) is 0 Å². The Morgan fingerprint density at radius 2 is 2.40 bits per heavy atom. The van der Waals surface area contributed by atoms with E-state index in [0.717, 1.165) is 25.8 Å². The predicted molar refractivity (Wildman–Crippen MR) is 37.4 cm³/mol. The van der Waals surface area contributed by atoms with Crippen molar-refractivity contribution in [3.8, 4) is 0 Å². The van der Waals surface area contributed by atoms with Crippen molar-refractivity contribution >= 4 is 6.41 Å². The molecule has 10 heavy (non-hydrogen) atoms. The number of rotatable bonds is 2. The van der Waals surface area contributed by atoms with E-state index in [1.807, 2.05) is 0 Å². The number of amides is 1. The second-order valence-electron chi connectivity index (χ2n) is 2.53. The summed E-state index contributed by atoms with van der Waals surface area (Å²) in [5.41, 5.74) is 0. The first kappa shape index (κ1) is 7.54. The van der Waals surface area contributed by atoms with E-state index in [2.05, 4.69) is 0 Å². The molecule has 3 heteroatoms. The number of carbonyl (C=O) groups excluding carboxylic acids is 1. The summed E-state index contributed by atoms with van der Waals surface area (Å²) in [5, 5.41) is 0. The highest BCUT2D eigenvalue weighted by Gasteiger charge is 2.19. The molecule has 0 spiro atoms. The van der Waals surface area contributed by atoms with Gasteiger partial charge in [-0.25, -0.2) is 0 Å². The van der Waals surface area contributed by atoms with Gasteiger partial charge in [-0.15, -0.1) is 0 Å². The first-order chi connectivity index (χ1) is 4.88. The van der Waals surface area contributed by atoms with Crippen molar-refractivity contribution in [2.75, 3.05) is 13.7 Å². The van der Waals surface area contributed by atoms with Gasteiger partial charge in [-0.2, -0.15) is 0 Å². The molecule has 0 radical (unpaired) electrons. The Hall–Kier alpha value is -0.570. The minimum atomic E-state index is 0.0336. The summed E-state index contributed by atoms with van der Waals surface area (Å²) in [4.78, 5) is 12.1. The molecule has 0 aromatic carbocycles. The predicted octanol–water partition coefficient (Wildman–Crippen LogP) is 0.601. The van der Waals surface area contributed by atoms with Crippen molar-refractivity contribution in [2.24, 2.45) is 0 Å². The second-order valence-corrected chi connectivity index (χ2v) is 2.53. The van der Waals surface area contributed by atoms with E-state index in [4.69, 9.17) is 4.74 Å². The van der Waals surface area contributed by atoms with Gasteiger partial charge in [0.05, 0.1) is 0 Å². The third-order valence-corrected chi connectivity index (χ3v) is 1.89. The van der Waals surface area contributed by atoms with Gasteiger partial charge >= 0.3 is 0 Å². The Balaban J connectivity index is 2.41. The summed E-state index contributed by atoms with van der Waals surface area (Å²) >= 11 is 0. The van der Waals surface area contributed by atoms with E-state index in [9.17, 15) is 4.79 Å². The molecule has 1 saturated heterocycles. The molecule has 0 N–H and O–H groups in total. The highest BCUT2D eigenvalue weighted by Crippen LogP contribution is 2.14. The largest absolute Gasteiger partial charge is 0.362 e. The van der Waals surface area contributed by atoms with Crippen molar-refractivity contribution in [1.29, 1.82) is 0 Å². The monoisotopic (exact) mass is 143 g/mol. The van der Waals surface area contributed by atoms with E-state index in [1.165, 1.54) is 6.42 Å². The van der Waals surface area contributed by atoms with Crippen LogP contribution in [0.4, 0.5) is 0 Å². The van der Waals surface area contributed by atoms with Crippen LogP contribution in [-0.4, -0.2) is 31.2 Å². The van der Waals surface area contributed by atoms with Crippen LogP contribution in [0.5, 0.6) is 0 Å². The zero-order valence-corrected chi connectivity index (χ0v) is 6.25. The summed E-state index contributed by atoms with van der Waals surface area (Å²) in [6.45, 7) is 0.849. The van der Waals surface area contributed by atoms with E-state index < -0.39 is 0 Å². The maximum atomic E-state index is 10.4. The Morgan fingerprint density at radius 1 is 1.60 bits per heavy atom. The number of carbonyl (C=O) groups is 1. The number of hydrogen-bond acceptors (Lipinski definition) is 2. The average molecular weight is 143 g/mol. The summed E-state index contributed by atoms with van der Waals surface area (Å²) in [6.07, 6.45) is 4.16. The Kier molecular flexibility index (Phi) is 2.68. The number of nitrogens with zero attached hydrogens (tertiary/aromatic N) is 1. The molecule has 0 aromatic rings. The zero-order chi connectivity index (χ0) is 7.40. The molecule has 1 rings (SSSR count). The maximum absolute atomic E-state index is 10.4. The van der Waals surface area contributed by atoms with Gasteiger partial charge in [-0.3, -0.25) is 4.79 Å². The first-order valence-corrected chi connectivity index (χ1v) is 3.62. The fourth-order valence-corrected chi connectivity index (χ4v) is 1.30. The van der Waals surface area contributed by atoms with Gasteiger partial charge in [0.15, 0.2) is 0 Å². The van der Waals surface area contributed by atoms with Gasteiger partial charge in [0, 0.05) is 13.7 Å². The number of likely N-dealkylation sites (tertiary alicyclic amines) is 1. The van der Waals surface area contributed by atoms with Gasteiger partial charge in [-0.1, -0.05) is 0 Å². The molecule has 0 saturated carbocycles. The standard InChI is InChI=1S/C7H13NO2/c1-10-7-4-2-3-5-8(7)6-9/h6-7H,2-5H2,1H3/t7-/m1/s1. The Labute approximate surface area is 61.0 Å². The van der Waals surface area contributed by atoms with Crippen molar-refractivity contribution < 1.29 is 9.53 Å². The quantitative estimate of drug-likeness (QED) is 0.530. The fourth-order valence-electron chi connectivity index (χ4n) is 1.30. The number of hydrogen-bond donors (Lipinski definition) is 0. The molecule has 0 aliphatic carbocycles. The summed E-state index contributed by atoms with van der Waals surface area (Å²) in [7, 11) is 1.65. The molecule has 1 aliphatic rings. The van der Waals surface area contributed by atoms with Crippen LogP contribution in [0.3, 0.4) is 0 Å². The van der Waals surface area contributed by atoms with E-state index >= 15 is 0 Å². The third-order valence-electron chi connectivity index (χ3n) is 1.89. The molecule has 0 unspecified atom stereocenters. The molecule has 3 nitrogen and oxygen atoms in total. The molecular formula is C7H13NO2. The molecule has 1 aliphatic heterocycles. The Morgan fingerprint density at radius 3 is 2.90 bits per heavy atom. The lowest BCUT2D eigenvalue weighted by molar-refractivity contribution is -0.133. The highest BCUT2D eigenvalue weighted by molar-refractivity contribution is 5.47. The van der Waals surface area contributed by atoms with Gasteiger partial charge in [0.2, 0.25) is 6.41 Å². The SMILES string of the molecule is CO[C@@H]1CCCCN1C=O. The third kappa shape index (κ3) is 1.48. The minimum absolute atomic E-state index is 0.0336. The van der Waals surface area contributed by atoms with Crippen LogP contribution in [0.25, 0.3) is 0 Å². The van der Waals surface area contributed by atoms with Gasteiger partial charge in [0.25, 0.3) is 0 Å². The fraction of sp³-hybridized carbons (Fsp3) is 0.857. The summed E-state index contributed by atoms with van der Waals surface area (Å²) < 4.78 is 5.09. The summed E-state index contributed by atoms with van der Waals surface area (Å²) in [5.74, 6) is 0. The van der Waals surface area contributed by atoms with Crippen LogP contribution in [0.1, 0.15) is 19.3 Å². The van der Waals surface area contributed by atoms with Crippen molar-refractivity contribution in [2.45, 2.75) is 25.5 Å². The number of methoxy groups -OCH3 is 1. The van der Waals surface area contributed by atoms with Crippen molar-refractivity contribution in [3.63, 3.8) is 0 Å². The summed E-state index contributed by atoms with van der Waals surface area (Å²) in [6, 6.07) is 0. The molecule has 0 aromatic heterocycles. The van der Waals surface area contributed by atoms with Crippen LogP contribution < -0.4 is 0 Å². The second kappa shape index (κ2) is 3.56. The average Bonchev–Trinajstić information content (AvgIpc) is 2.04. The van der Waals surface area contributed by atoms with E-state index in [1.54, 1.807) is 12.0 Å². The minimum Gasteiger partial charge on any atom is -0.362 e. The Bertz CT molecular complexity index is 116. The molecule has 58 valence electrons. The van der Waals surface area contributed by atoms with Gasteiger partial charge < -0.3 is 9.64 Å². The van der Waals surface area contributed by atoms with Gasteiger partial charge in [-0.05, 0) is 19.3 Å². The molecule has 1 atom stereocenters. The molecule has 1 amide bonds. The van der Waals surface area contributed by atoms with Crippen LogP contribution in [0.15, 0.2) is 0 Å². The van der Waals surface area contributed by atoms with Crippen LogP contribution >= 0.6 is 0 Å². The molecule has 0 bridgehead atoms. The zero-order valence-electron chi connectivity index (χ0n) is 6.25. The lowest BCUT2D eigenvalue weighted by Crippen LogP contribution is -2.39. The van der Waals surface area contributed by atoms with Crippen LogP contribution in [0, 0.1) is 0 Å². The smallest absolute Gasteiger partial charge is 0.211 e. The topological polar surface area (TPSA) is 29.5 Å². The number of ether oxygens (including phenoxy) is 1. The maximum Gasteiger partial charge on any atom is 0.211 e. The first-order valence-electron chi connectivity index (χ1n) is 3.62.